The van der Waals surface area contributed by atoms with Gasteiger partial charge in [-0.1, -0.05) is 6.42 Å². The van der Waals surface area contributed by atoms with E-state index in [4.69, 9.17) is 9.15 Å². The number of rotatable bonds is 5. The van der Waals surface area contributed by atoms with E-state index in [-0.39, 0.29) is 12.1 Å². The van der Waals surface area contributed by atoms with Crippen LogP contribution in [0.25, 0.3) is 0 Å². The molecular weight excluding hydrogens is 330 g/mol. The smallest absolute Gasteiger partial charge is 0.245 e. The predicted molar refractivity (Wildman–Crippen MR) is 97.8 cm³/mol. The van der Waals surface area contributed by atoms with E-state index in [0.29, 0.717) is 5.89 Å². The van der Waals surface area contributed by atoms with Gasteiger partial charge >= 0.3 is 0 Å². The Morgan fingerprint density at radius 1 is 1.15 bits per heavy atom. The number of hydrogen-bond donors (Lipinski definition) is 0. The lowest BCUT2D eigenvalue weighted by molar-refractivity contribution is 0.0795. The van der Waals surface area contributed by atoms with Gasteiger partial charge < -0.3 is 14.1 Å². The van der Waals surface area contributed by atoms with Crippen molar-refractivity contribution in [3.63, 3.8) is 0 Å². The Hall–Kier alpha value is -1.99. The molecule has 7 nitrogen and oxygen atoms in total. The van der Waals surface area contributed by atoms with E-state index in [0.717, 1.165) is 50.7 Å². The van der Waals surface area contributed by atoms with Crippen LogP contribution in [0.1, 0.15) is 61.6 Å². The SMILES string of the molecule is CN(C)c1cc(CN2CCCC[C@@H]2c2nnc([C@H]3CCCO3)o2)ccn1. The van der Waals surface area contributed by atoms with Crippen molar-refractivity contribution >= 4 is 5.82 Å². The van der Waals surface area contributed by atoms with Crippen molar-refractivity contribution in [3.8, 4) is 0 Å². The average Bonchev–Trinajstić information content (AvgIpc) is 3.34. The summed E-state index contributed by atoms with van der Waals surface area (Å²) < 4.78 is 11.7. The van der Waals surface area contributed by atoms with Gasteiger partial charge in [0.25, 0.3) is 0 Å². The van der Waals surface area contributed by atoms with Crippen molar-refractivity contribution in [1.29, 1.82) is 0 Å². The number of aromatic nitrogens is 3. The largest absolute Gasteiger partial charge is 0.421 e. The molecule has 2 atom stereocenters. The lowest BCUT2D eigenvalue weighted by atomic mass is 10.0. The predicted octanol–water partition coefficient (Wildman–Crippen LogP) is 3.11. The lowest BCUT2D eigenvalue weighted by Crippen LogP contribution is -2.33. The Morgan fingerprint density at radius 2 is 2.04 bits per heavy atom. The second kappa shape index (κ2) is 7.72. The number of pyridine rings is 1. The van der Waals surface area contributed by atoms with Gasteiger partial charge in [0, 0.05) is 33.4 Å². The fourth-order valence-corrected chi connectivity index (χ4v) is 3.78. The topological polar surface area (TPSA) is 67.5 Å². The first-order valence-electron chi connectivity index (χ1n) is 9.52. The van der Waals surface area contributed by atoms with E-state index in [1.807, 2.05) is 25.2 Å². The van der Waals surface area contributed by atoms with E-state index in [1.54, 1.807) is 0 Å². The maximum atomic E-state index is 6.03. The van der Waals surface area contributed by atoms with Gasteiger partial charge in [-0.25, -0.2) is 4.98 Å². The monoisotopic (exact) mass is 357 g/mol. The van der Waals surface area contributed by atoms with Crippen LogP contribution in [0.2, 0.25) is 0 Å². The molecule has 0 aromatic carbocycles. The summed E-state index contributed by atoms with van der Waals surface area (Å²) in [6.07, 6.45) is 7.35. The molecule has 2 saturated heterocycles. The molecule has 26 heavy (non-hydrogen) atoms. The highest BCUT2D eigenvalue weighted by Gasteiger charge is 2.31. The Morgan fingerprint density at radius 3 is 2.85 bits per heavy atom. The zero-order chi connectivity index (χ0) is 17.9. The van der Waals surface area contributed by atoms with Crippen molar-refractivity contribution < 1.29 is 9.15 Å². The third kappa shape index (κ3) is 3.73. The number of ether oxygens (including phenoxy) is 1. The molecule has 2 aliphatic rings. The van der Waals surface area contributed by atoms with E-state index in [9.17, 15) is 0 Å². The number of hydrogen-bond acceptors (Lipinski definition) is 7. The highest BCUT2D eigenvalue weighted by molar-refractivity contribution is 5.39. The van der Waals surface area contributed by atoms with E-state index in [2.05, 4.69) is 32.2 Å². The summed E-state index contributed by atoms with van der Waals surface area (Å²) >= 11 is 0. The lowest BCUT2D eigenvalue weighted by Gasteiger charge is -2.33. The summed E-state index contributed by atoms with van der Waals surface area (Å²) in [4.78, 5) is 8.89. The van der Waals surface area contributed by atoms with Crippen LogP contribution in [-0.2, 0) is 11.3 Å². The third-order valence-electron chi connectivity index (χ3n) is 5.21. The molecule has 4 rings (SSSR count). The molecule has 0 bridgehead atoms. The number of likely N-dealkylation sites (tertiary alicyclic amines) is 1. The first kappa shape index (κ1) is 17.4. The zero-order valence-electron chi connectivity index (χ0n) is 15.6. The molecule has 2 aliphatic heterocycles. The molecule has 140 valence electrons. The van der Waals surface area contributed by atoms with Crippen LogP contribution in [0.5, 0.6) is 0 Å². The quantitative estimate of drug-likeness (QED) is 0.814. The second-order valence-corrected chi connectivity index (χ2v) is 7.38. The van der Waals surface area contributed by atoms with Gasteiger partial charge in [-0.2, -0.15) is 0 Å². The van der Waals surface area contributed by atoms with Crippen molar-refractivity contribution in [3.05, 3.63) is 35.7 Å². The van der Waals surface area contributed by atoms with Gasteiger partial charge in [0.05, 0.1) is 6.04 Å². The molecule has 2 aromatic heterocycles. The average molecular weight is 357 g/mol. The fraction of sp³-hybridized carbons (Fsp3) is 0.632. The molecule has 0 radical (unpaired) electrons. The minimum atomic E-state index is -0.0175. The molecule has 0 aliphatic carbocycles. The van der Waals surface area contributed by atoms with Crippen molar-refractivity contribution in [1.82, 2.24) is 20.1 Å². The molecular formula is C19H27N5O2. The second-order valence-electron chi connectivity index (χ2n) is 7.38. The van der Waals surface area contributed by atoms with Crippen molar-refractivity contribution in [2.45, 2.75) is 50.8 Å². The van der Waals surface area contributed by atoms with Crippen molar-refractivity contribution in [2.75, 3.05) is 32.1 Å². The maximum absolute atomic E-state index is 6.03. The number of nitrogens with zero attached hydrogens (tertiary/aromatic N) is 5. The van der Waals surface area contributed by atoms with E-state index >= 15 is 0 Å². The van der Waals surface area contributed by atoms with Gasteiger partial charge in [0.1, 0.15) is 11.9 Å². The van der Waals surface area contributed by atoms with Gasteiger partial charge in [-0.3, -0.25) is 4.90 Å². The van der Waals surface area contributed by atoms with Crippen molar-refractivity contribution in [2.24, 2.45) is 0 Å². The number of piperidine rings is 1. The Kier molecular flexibility index (Phi) is 5.17. The maximum Gasteiger partial charge on any atom is 0.245 e. The molecule has 0 saturated carbocycles. The molecule has 0 N–H and O–H groups in total. The van der Waals surface area contributed by atoms with Gasteiger partial charge in [0.15, 0.2) is 0 Å². The Balaban J connectivity index is 1.50. The standard InChI is InChI=1S/C19H27N5O2/c1-23(2)17-12-14(8-9-20-17)13-24-10-4-3-6-15(24)18-21-22-19(26-18)16-7-5-11-25-16/h8-9,12,15-16H,3-7,10-11,13H2,1-2H3/t15-,16-/m1/s1. The van der Waals surface area contributed by atoms with Crippen LogP contribution < -0.4 is 4.90 Å². The molecule has 0 amide bonds. The summed E-state index contributed by atoms with van der Waals surface area (Å²) in [5.74, 6) is 2.36. The third-order valence-corrected chi connectivity index (χ3v) is 5.21. The highest BCUT2D eigenvalue weighted by Crippen LogP contribution is 2.34. The van der Waals surface area contributed by atoms with Crippen LogP contribution in [0.3, 0.4) is 0 Å². The normalized spacial score (nSPS) is 24.1. The summed E-state index contributed by atoms with van der Waals surface area (Å²) in [7, 11) is 4.03. The van der Waals surface area contributed by atoms with Crippen LogP contribution in [0.4, 0.5) is 5.82 Å². The van der Waals surface area contributed by atoms with Crippen LogP contribution in [-0.4, -0.2) is 47.3 Å². The molecule has 4 heterocycles. The van der Waals surface area contributed by atoms with Crippen LogP contribution in [0.15, 0.2) is 22.7 Å². The van der Waals surface area contributed by atoms with Gasteiger partial charge in [-0.15, -0.1) is 10.2 Å². The van der Waals surface area contributed by atoms with Crippen LogP contribution >= 0.6 is 0 Å². The minimum absolute atomic E-state index is 0.0175. The Bertz CT molecular complexity index is 726. The first-order valence-corrected chi connectivity index (χ1v) is 9.52. The molecule has 0 spiro atoms. The molecule has 7 heteroatoms. The summed E-state index contributed by atoms with van der Waals surface area (Å²) in [6.45, 7) is 2.70. The van der Waals surface area contributed by atoms with Crippen LogP contribution in [0, 0.1) is 0 Å². The first-order chi connectivity index (χ1) is 12.7. The zero-order valence-corrected chi connectivity index (χ0v) is 15.6. The summed E-state index contributed by atoms with van der Waals surface area (Å²) in [5.41, 5.74) is 1.26. The summed E-state index contributed by atoms with van der Waals surface area (Å²) in [6, 6.07) is 4.42. The summed E-state index contributed by atoms with van der Waals surface area (Å²) in [5, 5.41) is 8.63. The minimum Gasteiger partial charge on any atom is -0.421 e. The molecule has 2 aromatic rings. The van der Waals surface area contributed by atoms with E-state index in [1.165, 1.54) is 18.4 Å². The Labute approximate surface area is 154 Å². The molecule has 2 fully saturated rings. The number of anilines is 1. The fourth-order valence-electron chi connectivity index (χ4n) is 3.78. The highest BCUT2D eigenvalue weighted by atomic mass is 16.5. The van der Waals surface area contributed by atoms with Gasteiger partial charge in [-0.05, 0) is 49.9 Å². The molecule has 0 unspecified atom stereocenters. The van der Waals surface area contributed by atoms with Gasteiger partial charge in [0.2, 0.25) is 11.8 Å². The van der Waals surface area contributed by atoms with E-state index < -0.39 is 0 Å².